The number of hydrogen-bond donors (Lipinski definition) is 2. The molecule has 5 nitrogen and oxygen atoms in total. The fraction of sp³-hybridized carbons (Fsp3) is 0.421. The van der Waals surface area contributed by atoms with Gasteiger partial charge < -0.3 is 15.4 Å². The third-order valence-corrected chi connectivity index (χ3v) is 4.96. The van der Waals surface area contributed by atoms with E-state index in [2.05, 4.69) is 61.6 Å². The first-order chi connectivity index (χ1) is 12.3. The van der Waals surface area contributed by atoms with Crippen LogP contribution in [0.4, 0.5) is 0 Å². The highest BCUT2D eigenvalue weighted by Crippen LogP contribution is 2.10. The van der Waals surface area contributed by atoms with E-state index in [4.69, 9.17) is 4.74 Å². The molecule has 1 fully saturated rings. The number of hydrogen-bond acceptors (Lipinski definition) is 4. The van der Waals surface area contributed by atoms with E-state index in [0.29, 0.717) is 0 Å². The maximum atomic E-state index is 5.42. The molecule has 2 heterocycles. The number of ether oxygens (including phenoxy) is 1. The Hall–Kier alpha value is -1.16. The maximum Gasteiger partial charge on any atom is 0.191 e. The Morgan fingerprint density at radius 2 is 1.85 bits per heavy atom. The molecule has 1 saturated heterocycles. The van der Waals surface area contributed by atoms with Gasteiger partial charge in [0.2, 0.25) is 0 Å². The third-order valence-electron chi connectivity index (χ3n) is 4.22. The lowest BCUT2D eigenvalue weighted by Crippen LogP contribution is -2.36. The van der Waals surface area contributed by atoms with E-state index in [-0.39, 0.29) is 24.0 Å². The van der Waals surface area contributed by atoms with Gasteiger partial charge in [-0.3, -0.25) is 9.89 Å². The topological polar surface area (TPSA) is 48.9 Å². The molecule has 0 unspecified atom stereocenters. The van der Waals surface area contributed by atoms with Crippen LogP contribution in [-0.2, 0) is 24.4 Å². The molecule has 2 aromatic rings. The van der Waals surface area contributed by atoms with Crippen LogP contribution in [0.5, 0.6) is 0 Å². The lowest BCUT2D eigenvalue weighted by molar-refractivity contribution is 0.0342. The van der Waals surface area contributed by atoms with Crippen molar-refractivity contribution in [2.75, 3.05) is 33.4 Å². The third kappa shape index (κ3) is 6.86. The van der Waals surface area contributed by atoms with Crippen molar-refractivity contribution in [2.45, 2.75) is 19.6 Å². The van der Waals surface area contributed by atoms with Crippen molar-refractivity contribution in [3.63, 3.8) is 0 Å². The highest BCUT2D eigenvalue weighted by Gasteiger charge is 2.10. The minimum atomic E-state index is 0. The van der Waals surface area contributed by atoms with Crippen LogP contribution in [0.1, 0.15) is 16.7 Å². The van der Waals surface area contributed by atoms with Crippen molar-refractivity contribution in [3.8, 4) is 0 Å². The molecule has 7 heteroatoms. The number of halogens is 1. The summed E-state index contributed by atoms with van der Waals surface area (Å²) in [6.07, 6.45) is 0. The van der Waals surface area contributed by atoms with Crippen LogP contribution >= 0.6 is 35.3 Å². The Bertz CT molecular complexity index is 672. The van der Waals surface area contributed by atoms with Gasteiger partial charge in [0.1, 0.15) is 0 Å². The van der Waals surface area contributed by atoms with Gasteiger partial charge in [0.15, 0.2) is 5.96 Å². The summed E-state index contributed by atoms with van der Waals surface area (Å²) in [7, 11) is 1.80. The normalized spacial score (nSPS) is 15.3. The Morgan fingerprint density at radius 3 is 2.54 bits per heavy atom. The summed E-state index contributed by atoms with van der Waals surface area (Å²) in [5.41, 5.74) is 3.90. The molecule has 2 N–H and O–H groups in total. The Labute approximate surface area is 176 Å². The second-order valence-electron chi connectivity index (χ2n) is 6.12. The van der Waals surface area contributed by atoms with Crippen molar-refractivity contribution in [3.05, 3.63) is 57.8 Å². The van der Waals surface area contributed by atoms with Crippen LogP contribution in [0.25, 0.3) is 0 Å². The molecule has 1 aliphatic rings. The summed E-state index contributed by atoms with van der Waals surface area (Å²) in [6, 6.07) is 10.9. The molecular weight excluding hydrogens is 459 g/mol. The van der Waals surface area contributed by atoms with E-state index in [9.17, 15) is 0 Å². The lowest BCUT2D eigenvalue weighted by Gasteiger charge is -2.26. The van der Waals surface area contributed by atoms with Crippen LogP contribution in [-0.4, -0.2) is 44.2 Å². The second-order valence-corrected chi connectivity index (χ2v) is 6.90. The van der Waals surface area contributed by atoms with Crippen molar-refractivity contribution in [1.82, 2.24) is 15.5 Å². The molecule has 1 aliphatic heterocycles. The first kappa shape index (κ1) is 21.1. The molecular formula is C19H27IN4OS. The molecule has 3 rings (SSSR count). The molecule has 0 spiro atoms. The fourth-order valence-electron chi connectivity index (χ4n) is 2.84. The zero-order valence-electron chi connectivity index (χ0n) is 15.1. The van der Waals surface area contributed by atoms with Crippen LogP contribution in [0.15, 0.2) is 46.1 Å². The number of nitrogens with one attached hydrogen (secondary N) is 2. The monoisotopic (exact) mass is 486 g/mol. The van der Waals surface area contributed by atoms with Crippen molar-refractivity contribution >= 4 is 41.3 Å². The largest absolute Gasteiger partial charge is 0.379 e. The van der Waals surface area contributed by atoms with Crippen molar-refractivity contribution < 1.29 is 4.74 Å². The summed E-state index contributed by atoms with van der Waals surface area (Å²) in [5.74, 6) is 0.824. The SMILES string of the molecule is CN=C(NCc1ccsc1)NCc1cccc(CN2CCOCC2)c1.I. The Kier molecular flexibility index (Phi) is 9.38. The average molecular weight is 486 g/mol. The van der Waals surface area contributed by atoms with Gasteiger partial charge in [-0.1, -0.05) is 24.3 Å². The molecule has 0 radical (unpaired) electrons. The van der Waals surface area contributed by atoms with Gasteiger partial charge in [-0.25, -0.2) is 0 Å². The Balaban J connectivity index is 0.00000243. The standard InChI is InChI=1S/C19H26N4OS.HI/c1-20-19(22-13-18-5-10-25-15-18)21-12-16-3-2-4-17(11-16)14-23-6-8-24-9-7-23;/h2-5,10-11,15H,6-9,12-14H2,1H3,(H2,20,21,22);1H. The molecule has 0 saturated carbocycles. The number of morpholine rings is 1. The molecule has 0 aliphatic carbocycles. The van der Waals surface area contributed by atoms with Gasteiger partial charge in [-0.2, -0.15) is 11.3 Å². The second kappa shape index (κ2) is 11.5. The smallest absolute Gasteiger partial charge is 0.191 e. The summed E-state index contributed by atoms with van der Waals surface area (Å²) in [4.78, 5) is 6.74. The molecule has 142 valence electrons. The van der Waals surface area contributed by atoms with Gasteiger partial charge in [0.25, 0.3) is 0 Å². The summed E-state index contributed by atoms with van der Waals surface area (Å²) < 4.78 is 5.42. The molecule has 26 heavy (non-hydrogen) atoms. The zero-order valence-corrected chi connectivity index (χ0v) is 18.3. The molecule has 0 amide bonds. The van der Waals surface area contributed by atoms with Crippen LogP contribution in [0.2, 0.25) is 0 Å². The quantitative estimate of drug-likeness (QED) is 0.375. The van der Waals surface area contributed by atoms with E-state index in [0.717, 1.165) is 51.9 Å². The van der Waals surface area contributed by atoms with Gasteiger partial charge in [0, 0.05) is 39.8 Å². The average Bonchev–Trinajstić information content (AvgIpc) is 3.17. The van der Waals surface area contributed by atoms with Crippen LogP contribution < -0.4 is 10.6 Å². The highest BCUT2D eigenvalue weighted by molar-refractivity contribution is 14.0. The van der Waals surface area contributed by atoms with Gasteiger partial charge in [-0.05, 0) is 33.5 Å². The first-order valence-electron chi connectivity index (χ1n) is 8.67. The summed E-state index contributed by atoms with van der Waals surface area (Å²) in [6.45, 7) is 6.26. The van der Waals surface area contributed by atoms with Gasteiger partial charge in [-0.15, -0.1) is 24.0 Å². The first-order valence-corrected chi connectivity index (χ1v) is 9.61. The molecule has 1 aromatic heterocycles. The fourth-order valence-corrected chi connectivity index (χ4v) is 3.51. The molecule has 0 atom stereocenters. The van der Waals surface area contributed by atoms with Crippen molar-refractivity contribution in [2.24, 2.45) is 4.99 Å². The van der Waals surface area contributed by atoms with E-state index in [1.807, 2.05) is 0 Å². The highest BCUT2D eigenvalue weighted by atomic mass is 127. The maximum absolute atomic E-state index is 5.42. The number of nitrogens with zero attached hydrogens (tertiary/aromatic N) is 2. The van der Waals surface area contributed by atoms with E-state index < -0.39 is 0 Å². The van der Waals surface area contributed by atoms with E-state index in [1.165, 1.54) is 16.7 Å². The summed E-state index contributed by atoms with van der Waals surface area (Å²) in [5, 5.41) is 11.0. The lowest BCUT2D eigenvalue weighted by atomic mass is 10.1. The number of aliphatic imine (C=N–C) groups is 1. The molecule has 1 aromatic carbocycles. The van der Waals surface area contributed by atoms with E-state index in [1.54, 1.807) is 18.4 Å². The van der Waals surface area contributed by atoms with Crippen LogP contribution in [0.3, 0.4) is 0 Å². The number of thiophene rings is 1. The Morgan fingerprint density at radius 1 is 1.12 bits per heavy atom. The zero-order chi connectivity index (χ0) is 17.3. The van der Waals surface area contributed by atoms with Crippen LogP contribution in [0, 0.1) is 0 Å². The van der Waals surface area contributed by atoms with Gasteiger partial charge in [0.05, 0.1) is 13.2 Å². The minimum absolute atomic E-state index is 0. The number of rotatable bonds is 6. The van der Waals surface area contributed by atoms with E-state index >= 15 is 0 Å². The van der Waals surface area contributed by atoms with Gasteiger partial charge >= 0.3 is 0 Å². The molecule has 0 bridgehead atoms. The number of benzene rings is 1. The number of guanidine groups is 1. The minimum Gasteiger partial charge on any atom is -0.379 e. The predicted molar refractivity (Wildman–Crippen MR) is 119 cm³/mol. The van der Waals surface area contributed by atoms with Crippen molar-refractivity contribution in [1.29, 1.82) is 0 Å². The predicted octanol–water partition coefficient (Wildman–Crippen LogP) is 3.06. The summed E-state index contributed by atoms with van der Waals surface area (Å²) >= 11 is 1.71.